The Hall–Kier alpha value is -1.40. The number of nitrogen functional groups attached to an aromatic ring is 1. The number of hydrogen-bond acceptors (Lipinski definition) is 6. The van der Waals surface area contributed by atoms with Crippen molar-refractivity contribution in [2.75, 3.05) is 30.1 Å². The Balaban J connectivity index is 2.42. The van der Waals surface area contributed by atoms with Gasteiger partial charge in [0.1, 0.15) is 18.0 Å². The number of hydrazine groups is 1. The second-order valence-corrected chi connectivity index (χ2v) is 5.44. The van der Waals surface area contributed by atoms with Crippen LogP contribution in [0, 0.1) is 0 Å². The zero-order valence-electron chi connectivity index (χ0n) is 11.9. The summed E-state index contributed by atoms with van der Waals surface area (Å²) in [6.07, 6.45) is 3.50. The molecule has 6 nitrogen and oxygen atoms in total. The molecule has 2 rings (SSSR count). The molecule has 1 aromatic rings. The standard InChI is InChI=1S/C13H23N5O/c1-4-5-10-11(17-14)15-9-16-12(10)18-6-7-19-8-13(18,2)3/h9H,4-8,14H2,1-3H3,(H,15,16,17). The van der Waals surface area contributed by atoms with Crippen molar-refractivity contribution in [2.24, 2.45) is 5.84 Å². The first kappa shape index (κ1) is 14.0. The maximum absolute atomic E-state index is 5.57. The molecule has 106 valence electrons. The summed E-state index contributed by atoms with van der Waals surface area (Å²) >= 11 is 0. The molecule has 0 unspecified atom stereocenters. The van der Waals surface area contributed by atoms with Crippen molar-refractivity contribution >= 4 is 11.6 Å². The quantitative estimate of drug-likeness (QED) is 0.632. The lowest BCUT2D eigenvalue weighted by molar-refractivity contribution is 0.0638. The van der Waals surface area contributed by atoms with Crippen LogP contribution in [0.4, 0.5) is 11.6 Å². The highest BCUT2D eigenvalue weighted by Gasteiger charge is 2.33. The van der Waals surface area contributed by atoms with Crippen LogP contribution >= 0.6 is 0 Å². The predicted octanol–water partition coefficient (Wildman–Crippen LogP) is 1.33. The Kier molecular flexibility index (Phi) is 4.21. The minimum Gasteiger partial charge on any atom is -0.377 e. The molecule has 3 N–H and O–H groups in total. The van der Waals surface area contributed by atoms with Gasteiger partial charge >= 0.3 is 0 Å². The lowest BCUT2D eigenvalue weighted by atomic mass is 10.0. The van der Waals surface area contributed by atoms with Crippen molar-refractivity contribution in [1.29, 1.82) is 0 Å². The molecule has 0 aliphatic carbocycles. The van der Waals surface area contributed by atoms with Gasteiger partial charge in [-0.15, -0.1) is 0 Å². The summed E-state index contributed by atoms with van der Waals surface area (Å²) in [4.78, 5) is 11.0. The van der Waals surface area contributed by atoms with Crippen LogP contribution < -0.4 is 16.2 Å². The lowest BCUT2D eigenvalue weighted by Crippen LogP contribution is -2.54. The van der Waals surface area contributed by atoms with E-state index in [2.05, 4.69) is 41.1 Å². The first-order valence-corrected chi connectivity index (χ1v) is 6.76. The van der Waals surface area contributed by atoms with E-state index in [0.717, 1.165) is 37.4 Å². The number of aromatic nitrogens is 2. The number of anilines is 2. The molecule has 0 aromatic carbocycles. The number of hydrogen-bond donors (Lipinski definition) is 2. The van der Waals surface area contributed by atoms with Crippen molar-refractivity contribution in [3.05, 3.63) is 11.9 Å². The molecule has 0 spiro atoms. The lowest BCUT2D eigenvalue weighted by Gasteiger charge is -2.43. The van der Waals surface area contributed by atoms with Crippen molar-refractivity contribution in [2.45, 2.75) is 39.2 Å². The zero-order valence-corrected chi connectivity index (χ0v) is 11.9. The predicted molar refractivity (Wildman–Crippen MR) is 76.1 cm³/mol. The molecule has 1 aromatic heterocycles. The Bertz CT molecular complexity index is 435. The molecule has 1 fully saturated rings. The molecular formula is C13H23N5O. The summed E-state index contributed by atoms with van der Waals surface area (Å²) in [5, 5.41) is 0. The smallest absolute Gasteiger partial charge is 0.148 e. The van der Waals surface area contributed by atoms with Gasteiger partial charge in [-0.3, -0.25) is 0 Å². The van der Waals surface area contributed by atoms with Gasteiger partial charge in [-0.25, -0.2) is 15.8 Å². The van der Waals surface area contributed by atoms with Crippen molar-refractivity contribution in [3.63, 3.8) is 0 Å². The summed E-state index contributed by atoms with van der Waals surface area (Å²) in [6.45, 7) is 8.74. The minimum atomic E-state index is -0.0685. The molecule has 2 heterocycles. The van der Waals surface area contributed by atoms with Gasteiger partial charge in [0.25, 0.3) is 0 Å². The van der Waals surface area contributed by atoms with Crippen LogP contribution in [-0.2, 0) is 11.2 Å². The molecule has 0 bridgehead atoms. The zero-order chi connectivity index (χ0) is 13.9. The molecule has 0 radical (unpaired) electrons. The number of rotatable bonds is 4. The molecule has 0 atom stereocenters. The third kappa shape index (κ3) is 2.79. The number of nitrogens with one attached hydrogen (secondary N) is 1. The van der Waals surface area contributed by atoms with E-state index in [4.69, 9.17) is 10.6 Å². The van der Waals surface area contributed by atoms with E-state index in [1.54, 1.807) is 6.33 Å². The van der Waals surface area contributed by atoms with E-state index >= 15 is 0 Å². The van der Waals surface area contributed by atoms with Gasteiger partial charge in [0.15, 0.2) is 0 Å². The van der Waals surface area contributed by atoms with Gasteiger partial charge in [-0.05, 0) is 20.3 Å². The van der Waals surface area contributed by atoms with Gasteiger partial charge in [0.05, 0.1) is 18.8 Å². The average Bonchev–Trinajstić information content (AvgIpc) is 2.39. The molecule has 1 saturated heterocycles. The normalized spacial score (nSPS) is 18.4. The SMILES string of the molecule is CCCc1c(NN)ncnc1N1CCOCC1(C)C. The van der Waals surface area contributed by atoms with Crippen LogP contribution in [0.5, 0.6) is 0 Å². The first-order valence-electron chi connectivity index (χ1n) is 6.76. The molecule has 0 saturated carbocycles. The summed E-state index contributed by atoms with van der Waals surface area (Å²) in [6, 6.07) is 0. The fourth-order valence-electron chi connectivity index (χ4n) is 2.49. The van der Waals surface area contributed by atoms with Gasteiger partial charge in [-0.2, -0.15) is 0 Å². The second kappa shape index (κ2) is 5.71. The summed E-state index contributed by atoms with van der Waals surface area (Å²) in [5.41, 5.74) is 3.70. The summed E-state index contributed by atoms with van der Waals surface area (Å²) in [5.74, 6) is 7.25. The molecule has 0 amide bonds. The average molecular weight is 265 g/mol. The Morgan fingerprint density at radius 3 is 2.89 bits per heavy atom. The molecule has 1 aliphatic heterocycles. The first-order chi connectivity index (χ1) is 9.10. The number of nitrogens with zero attached hydrogens (tertiary/aromatic N) is 3. The van der Waals surface area contributed by atoms with Gasteiger partial charge in [0.2, 0.25) is 0 Å². The van der Waals surface area contributed by atoms with Crippen LogP contribution in [0.25, 0.3) is 0 Å². The highest BCUT2D eigenvalue weighted by Crippen LogP contribution is 2.31. The number of morpholine rings is 1. The fourth-order valence-corrected chi connectivity index (χ4v) is 2.49. The fraction of sp³-hybridized carbons (Fsp3) is 0.692. The maximum atomic E-state index is 5.57. The largest absolute Gasteiger partial charge is 0.377 e. The van der Waals surface area contributed by atoms with Gasteiger partial charge in [-0.1, -0.05) is 13.3 Å². The van der Waals surface area contributed by atoms with Crippen LogP contribution in [0.15, 0.2) is 6.33 Å². The van der Waals surface area contributed by atoms with E-state index in [9.17, 15) is 0 Å². The van der Waals surface area contributed by atoms with Crippen molar-refractivity contribution in [3.8, 4) is 0 Å². The highest BCUT2D eigenvalue weighted by molar-refractivity contribution is 5.59. The summed E-state index contributed by atoms with van der Waals surface area (Å²) in [7, 11) is 0. The number of nitrogens with two attached hydrogens (primary N) is 1. The maximum Gasteiger partial charge on any atom is 0.148 e. The second-order valence-electron chi connectivity index (χ2n) is 5.44. The Labute approximate surface area is 114 Å². The molecular weight excluding hydrogens is 242 g/mol. The van der Waals surface area contributed by atoms with Crippen LogP contribution in [0.1, 0.15) is 32.8 Å². The van der Waals surface area contributed by atoms with Crippen molar-refractivity contribution in [1.82, 2.24) is 9.97 Å². The van der Waals surface area contributed by atoms with Crippen LogP contribution in [0.3, 0.4) is 0 Å². The Morgan fingerprint density at radius 2 is 2.26 bits per heavy atom. The number of ether oxygens (including phenoxy) is 1. The Morgan fingerprint density at radius 1 is 1.47 bits per heavy atom. The summed E-state index contributed by atoms with van der Waals surface area (Å²) < 4.78 is 5.57. The van der Waals surface area contributed by atoms with Gasteiger partial charge < -0.3 is 15.1 Å². The minimum absolute atomic E-state index is 0.0685. The van der Waals surface area contributed by atoms with Crippen LogP contribution in [0.2, 0.25) is 0 Å². The molecule has 1 aliphatic rings. The van der Waals surface area contributed by atoms with E-state index in [1.165, 1.54) is 0 Å². The van der Waals surface area contributed by atoms with Crippen LogP contribution in [-0.4, -0.2) is 35.3 Å². The molecule has 19 heavy (non-hydrogen) atoms. The van der Waals surface area contributed by atoms with E-state index in [1.807, 2.05) is 0 Å². The highest BCUT2D eigenvalue weighted by atomic mass is 16.5. The monoisotopic (exact) mass is 265 g/mol. The third-order valence-corrected chi connectivity index (χ3v) is 3.46. The van der Waals surface area contributed by atoms with E-state index < -0.39 is 0 Å². The van der Waals surface area contributed by atoms with E-state index in [-0.39, 0.29) is 5.54 Å². The molecule has 6 heteroatoms. The van der Waals surface area contributed by atoms with E-state index in [0.29, 0.717) is 12.4 Å². The topological polar surface area (TPSA) is 76.3 Å². The van der Waals surface area contributed by atoms with Gasteiger partial charge in [0, 0.05) is 12.1 Å². The van der Waals surface area contributed by atoms with Crippen molar-refractivity contribution < 1.29 is 4.74 Å². The third-order valence-electron chi connectivity index (χ3n) is 3.46.